The van der Waals surface area contributed by atoms with Crippen LogP contribution in [0.5, 0.6) is 0 Å². The van der Waals surface area contributed by atoms with Crippen molar-refractivity contribution in [1.29, 1.82) is 0 Å². The summed E-state index contributed by atoms with van der Waals surface area (Å²) < 4.78 is 0. The Hall–Kier alpha value is -1.31. The molecule has 0 aliphatic carbocycles. The van der Waals surface area contributed by atoms with Gasteiger partial charge in [-0.1, -0.05) is 36.8 Å². The van der Waals surface area contributed by atoms with Gasteiger partial charge in [0.2, 0.25) is 0 Å². The molecule has 1 atom stereocenters. The maximum Gasteiger partial charge on any atom is 0.331 e. The van der Waals surface area contributed by atoms with Crippen LogP contribution in [0.25, 0.3) is 0 Å². The van der Waals surface area contributed by atoms with Crippen molar-refractivity contribution in [2.45, 2.75) is 40.5 Å². The third-order valence-electron chi connectivity index (χ3n) is 2.30. The molecular weight excluding hydrogens is 200 g/mol. The fourth-order valence-electron chi connectivity index (χ4n) is 1.19. The molecule has 1 N–H and O–H groups in total. The molecule has 0 heterocycles. The van der Waals surface area contributed by atoms with Crippen LogP contribution in [0.2, 0.25) is 0 Å². The Morgan fingerprint density at radius 1 is 1.31 bits per heavy atom. The summed E-state index contributed by atoms with van der Waals surface area (Å²) in [5.74, 6) is -0.379. The van der Waals surface area contributed by atoms with Crippen molar-refractivity contribution in [1.82, 2.24) is 0 Å². The topological polar surface area (TPSA) is 37.3 Å². The monoisotopic (exact) mass is 222 g/mol. The molecule has 0 bridgehead atoms. The minimum absolute atomic E-state index is 0.368. The second kappa shape index (κ2) is 7.91. The van der Waals surface area contributed by atoms with Crippen LogP contribution in [-0.2, 0) is 4.79 Å². The lowest BCUT2D eigenvalue weighted by molar-refractivity contribution is -0.132. The zero-order chi connectivity index (χ0) is 12.6. The predicted octanol–water partition coefficient (Wildman–Crippen LogP) is 3.96. The minimum Gasteiger partial charge on any atom is -0.478 e. The summed E-state index contributed by atoms with van der Waals surface area (Å²) >= 11 is 0. The molecule has 0 aromatic carbocycles. The summed E-state index contributed by atoms with van der Waals surface area (Å²) in [5.41, 5.74) is 1.71. The molecule has 0 aromatic heterocycles. The summed E-state index contributed by atoms with van der Waals surface area (Å²) in [7, 11) is 0. The van der Waals surface area contributed by atoms with Gasteiger partial charge in [-0.05, 0) is 39.5 Å². The van der Waals surface area contributed by atoms with Gasteiger partial charge in [-0.2, -0.15) is 0 Å². The van der Waals surface area contributed by atoms with Crippen LogP contribution in [0.3, 0.4) is 0 Å². The quantitative estimate of drug-likeness (QED) is 0.419. The van der Waals surface area contributed by atoms with Crippen LogP contribution in [0.1, 0.15) is 40.5 Å². The number of carbonyl (C=O) groups is 1. The lowest BCUT2D eigenvalue weighted by Gasteiger charge is -2.02. The molecule has 0 rings (SSSR count). The van der Waals surface area contributed by atoms with E-state index in [0.717, 1.165) is 12.8 Å². The van der Waals surface area contributed by atoms with Gasteiger partial charge in [-0.15, -0.1) is 0 Å². The number of aliphatic carboxylic acids is 1. The van der Waals surface area contributed by atoms with Gasteiger partial charge in [-0.3, -0.25) is 0 Å². The Bertz CT molecular complexity index is 305. The van der Waals surface area contributed by atoms with E-state index in [1.54, 1.807) is 13.0 Å². The van der Waals surface area contributed by atoms with Crippen LogP contribution in [0.4, 0.5) is 0 Å². The van der Waals surface area contributed by atoms with Gasteiger partial charge in [0.1, 0.15) is 0 Å². The fraction of sp³-hybridized carbons (Fsp3) is 0.500. The van der Waals surface area contributed by atoms with Gasteiger partial charge in [0.05, 0.1) is 0 Å². The molecule has 16 heavy (non-hydrogen) atoms. The molecule has 0 saturated heterocycles. The normalized spacial score (nSPS) is 13.9. The van der Waals surface area contributed by atoms with Crippen LogP contribution < -0.4 is 0 Å². The Kier molecular flexibility index (Phi) is 7.27. The largest absolute Gasteiger partial charge is 0.478 e. The Balaban J connectivity index is 4.00. The first-order chi connectivity index (χ1) is 7.43. The van der Waals surface area contributed by atoms with Gasteiger partial charge in [0.15, 0.2) is 0 Å². The molecule has 0 fully saturated rings. The lowest BCUT2D eigenvalue weighted by atomic mass is 10.0. The summed E-state index contributed by atoms with van der Waals surface area (Å²) in [6.07, 6.45) is 9.92. The highest BCUT2D eigenvalue weighted by atomic mass is 16.4. The number of carboxylic acids is 1. The lowest BCUT2D eigenvalue weighted by Crippen LogP contribution is -1.95. The Labute approximate surface area is 98.4 Å². The highest BCUT2D eigenvalue weighted by molar-refractivity contribution is 5.86. The first kappa shape index (κ1) is 14.7. The van der Waals surface area contributed by atoms with E-state index < -0.39 is 5.97 Å². The molecule has 0 spiro atoms. The molecule has 0 aromatic rings. The van der Waals surface area contributed by atoms with E-state index in [4.69, 9.17) is 5.11 Å². The van der Waals surface area contributed by atoms with E-state index in [1.165, 1.54) is 5.57 Å². The molecule has 0 unspecified atom stereocenters. The molecule has 90 valence electrons. The minimum atomic E-state index is -0.859. The zero-order valence-electron chi connectivity index (χ0n) is 10.7. The molecule has 0 radical (unpaired) electrons. The maximum atomic E-state index is 10.5. The van der Waals surface area contributed by atoms with Crippen molar-refractivity contribution in [2.24, 2.45) is 5.92 Å². The molecule has 0 amide bonds. The van der Waals surface area contributed by atoms with Crippen LogP contribution in [-0.4, -0.2) is 11.1 Å². The Morgan fingerprint density at radius 2 is 1.94 bits per heavy atom. The van der Waals surface area contributed by atoms with E-state index in [-0.39, 0.29) is 0 Å². The number of hydrogen-bond acceptors (Lipinski definition) is 1. The number of carboxylic acid groups (broad SMARTS) is 1. The highest BCUT2D eigenvalue weighted by Crippen LogP contribution is 2.09. The smallest absolute Gasteiger partial charge is 0.331 e. The molecule has 0 aliphatic heterocycles. The zero-order valence-corrected chi connectivity index (χ0v) is 10.7. The van der Waals surface area contributed by atoms with E-state index in [9.17, 15) is 4.79 Å². The maximum absolute atomic E-state index is 10.5. The van der Waals surface area contributed by atoms with E-state index in [0.29, 0.717) is 11.5 Å². The standard InChI is InChI=1S/C14H22O2/c1-11(2)7-5-8-12(3)9-6-10-13(4)14(15)16/h6-7,9-10,12H,5,8H2,1-4H3,(H,15,16)/b9-6+,13-10+/t12-/m0/s1. The fourth-order valence-corrected chi connectivity index (χ4v) is 1.19. The first-order valence-corrected chi connectivity index (χ1v) is 5.65. The molecule has 0 saturated carbocycles. The SMILES string of the molecule is CC(C)=CCC[C@H](C)/C=C/C=C(\C)C(=O)O. The number of allylic oxidation sites excluding steroid dienone is 5. The second-order valence-electron chi connectivity index (χ2n) is 4.38. The van der Waals surface area contributed by atoms with Gasteiger partial charge < -0.3 is 5.11 Å². The van der Waals surface area contributed by atoms with Crippen molar-refractivity contribution in [3.63, 3.8) is 0 Å². The third kappa shape index (κ3) is 8.04. The van der Waals surface area contributed by atoms with Crippen LogP contribution >= 0.6 is 0 Å². The van der Waals surface area contributed by atoms with Gasteiger partial charge in [-0.25, -0.2) is 4.79 Å². The van der Waals surface area contributed by atoms with E-state index in [1.807, 2.05) is 12.2 Å². The molecule has 0 aliphatic rings. The van der Waals surface area contributed by atoms with Gasteiger partial charge in [0.25, 0.3) is 0 Å². The average molecular weight is 222 g/mol. The highest BCUT2D eigenvalue weighted by Gasteiger charge is 1.97. The summed E-state index contributed by atoms with van der Waals surface area (Å²) in [4.78, 5) is 10.5. The summed E-state index contributed by atoms with van der Waals surface area (Å²) in [6.45, 7) is 7.93. The predicted molar refractivity (Wildman–Crippen MR) is 68.4 cm³/mol. The average Bonchev–Trinajstić information content (AvgIpc) is 2.16. The van der Waals surface area contributed by atoms with Crippen molar-refractivity contribution in [3.05, 3.63) is 35.5 Å². The summed E-state index contributed by atoms with van der Waals surface area (Å²) in [5, 5.41) is 8.64. The van der Waals surface area contributed by atoms with Crippen molar-refractivity contribution >= 4 is 5.97 Å². The first-order valence-electron chi connectivity index (χ1n) is 5.65. The van der Waals surface area contributed by atoms with Crippen LogP contribution in [0.15, 0.2) is 35.5 Å². The third-order valence-corrected chi connectivity index (χ3v) is 2.30. The van der Waals surface area contributed by atoms with E-state index >= 15 is 0 Å². The summed E-state index contributed by atoms with van der Waals surface area (Å²) in [6, 6.07) is 0. The molecule has 2 heteroatoms. The Morgan fingerprint density at radius 3 is 2.44 bits per heavy atom. The molecular formula is C14H22O2. The van der Waals surface area contributed by atoms with Gasteiger partial charge in [0, 0.05) is 5.57 Å². The number of rotatable bonds is 6. The van der Waals surface area contributed by atoms with Crippen molar-refractivity contribution in [3.8, 4) is 0 Å². The molecule has 2 nitrogen and oxygen atoms in total. The second-order valence-corrected chi connectivity index (χ2v) is 4.38. The van der Waals surface area contributed by atoms with Gasteiger partial charge >= 0.3 is 5.97 Å². The van der Waals surface area contributed by atoms with Crippen molar-refractivity contribution in [2.75, 3.05) is 0 Å². The van der Waals surface area contributed by atoms with E-state index in [2.05, 4.69) is 26.8 Å². The van der Waals surface area contributed by atoms with Crippen molar-refractivity contribution < 1.29 is 9.90 Å². The van der Waals surface area contributed by atoms with Crippen LogP contribution in [0, 0.1) is 5.92 Å². The number of hydrogen-bond donors (Lipinski definition) is 1.